The average Bonchev–Trinajstić information content (AvgIpc) is 1.94. The van der Waals surface area contributed by atoms with Crippen molar-refractivity contribution in [2.24, 2.45) is 0 Å². The van der Waals surface area contributed by atoms with Crippen LogP contribution in [0.3, 0.4) is 0 Å². The van der Waals surface area contributed by atoms with E-state index >= 15 is 0 Å². The zero-order chi connectivity index (χ0) is 66.8. The van der Waals surface area contributed by atoms with Gasteiger partial charge in [0.2, 0.25) is 75.8 Å². The van der Waals surface area contributed by atoms with E-state index < -0.39 is 183 Å². The van der Waals surface area contributed by atoms with Crippen LogP contribution in [0.5, 0.6) is 11.5 Å². The predicted octanol–water partition coefficient (Wildman–Crippen LogP) is 0.539. The number of nitrogens with one attached hydrogen (secondary N) is 4. The van der Waals surface area contributed by atoms with Crippen LogP contribution in [0.1, 0.15) is 98.3 Å². The molecule has 0 aliphatic carbocycles. The summed E-state index contributed by atoms with van der Waals surface area (Å²) in [5.74, 6) is -34.1. The van der Waals surface area contributed by atoms with Crippen LogP contribution < -0.4 is 30.7 Å². The first-order chi connectivity index (χ1) is 40.3. The Hall–Kier alpha value is -9.69. The molecule has 2 heterocycles. The topological polar surface area (TPSA) is 422 Å². The Kier molecular flexibility index (Phi) is 32.9. The maximum Gasteiger partial charge on any atom is 0.352 e. The molecule has 2 aliphatic heterocycles. The van der Waals surface area contributed by atoms with Crippen LogP contribution in [0.4, 0.5) is 39.5 Å². The van der Waals surface area contributed by atoms with Crippen molar-refractivity contribution in [3.8, 4) is 11.5 Å². The number of ether oxygens (including phenoxy) is 2. The largest absolute Gasteiger partial charge is 0.747 e. The Morgan fingerprint density at radius 2 is 0.739 bits per heavy atom. The molecule has 39 heteroatoms. The lowest BCUT2D eigenvalue weighted by atomic mass is 10.2. The van der Waals surface area contributed by atoms with Crippen molar-refractivity contribution in [3.05, 3.63) is 65.8 Å². The van der Waals surface area contributed by atoms with E-state index in [-0.39, 0.29) is 106 Å². The zero-order valence-corrected chi connectivity index (χ0v) is 47.2. The SMILES string of the molecule is CC(=O)CCC(=O)NCC(=O)ON1C(=O)CC(S(=O)(=O)[O-])C1=O.CC(=O)CCC(=O)NCC(=O)ON1C(=O)CCC1=O.CC(=O)CCC(=O)NCC(=O)Oc1c(F)c(F)c(F)c(F)c1F.CC(=O)CCC(=O)NCC(=O)Oc1c(F)c(F)cc(F)c1F.[CH3+]. The summed E-state index contributed by atoms with van der Waals surface area (Å²) < 4.78 is 158. The van der Waals surface area contributed by atoms with Crippen molar-refractivity contribution in [2.75, 3.05) is 26.2 Å². The normalized spacial score (nSPS) is 13.1. The lowest BCUT2D eigenvalue weighted by Gasteiger charge is -2.15. The van der Waals surface area contributed by atoms with Crippen molar-refractivity contribution in [3.63, 3.8) is 0 Å². The number of nitrogens with zero attached hydrogens (tertiary/aromatic N) is 2. The third-order valence-electron chi connectivity index (χ3n) is 10.0. The van der Waals surface area contributed by atoms with Crippen LogP contribution in [-0.2, 0) is 96.5 Å². The number of imide groups is 2. The number of carbonyl (C=O) groups excluding carboxylic acids is 16. The number of halogens is 9. The summed E-state index contributed by atoms with van der Waals surface area (Å²) in [7, 11) is -5.05. The molecule has 0 spiro atoms. The fourth-order valence-corrected chi connectivity index (χ4v) is 6.33. The van der Waals surface area contributed by atoms with Crippen LogP contribution in [0.15, 0.2) is 6.07 Å². The van der Waals surface area contributed by atoms with E-state index in [1.165, 1.54) is 27.7 Å². The number of carbonyl (C=O) groups is 16. The molecular weight excluding hydrogens is 1240 g/mol. The number of amides is 8. The molecule has 2 aromatic rings. The fourth-order valence-electron chi connectivity index (χ4n) is 5.64. The van der Waals surface area contributed by atoms with Gasteiger partial charge in [-0.15, -0.1) is 10.1 Å². The highest BCUT2D eigenvalue weighted by Crippen LogP contribution is 2.30. The molecule has 2 fully saturated rings. The Bertz CT molecular complexity index is 3130. The van der Waals surface area contributed by atoms with Crippen LogP contribution in [0.25, 0.3) is 0 Å². The molecule has 0 aromatic heterocycles. The number of hydrogen-bond donors (Lipinski definition) is 4. The number of ketones is 4. The van der Waals surface area contributed by atoms with Crippen molar-refractivity contribution < 1.29 is 148 Å². The van der Waals surface area contributed by atoms with E-state index in [9.17, 15) is 129 Å². The van der Waals surface area contributed by atoms with Crippen molar-refractivity contribution in [1.29, 1.82) is 0 Å². The third kappa shape index (κ3) is 27.6. The van der Waals surface area contributed by atoms with Gasteiger partial charge in [0.1, 0.15) is 64.7 Å². The number of hydroxylamine groups is 4. The minimum Gasteiger partial charge on any atom is -0.747 e. The van der Waals surface area contributed by atoms with Gasteiger partial charge in [0.05, 0.1) is 6.42 Å². The summed E-state index contributed by atoms with van der Waals surface area (Å²) >= 11 is 0. The molecular formula is C49H51F9N6O23S. The lowest BCUT2D eigenvalue weighted by molar-refractivity contribution is -0.196. The molecule has 2 saturated heterocycles. The highest BCUT2D eigenvalue weighted by Gasteiger charge is 2.45. The first-order valence-corrected chi connectivity index (χ1v) is 25.7. The lowest BCUT2D eigenvalue weighted by Crippen LogP contribution is -2.40. The van der Waals surface area contributed by atoms with Gasteiger partial charge in [0.15, 0.2) is 11.6 Å². The molecule has 1 unspecified atom stereocenters. The predicted molar refractivity (Wildman–Crippen MR) is 265 cm³/mol. The molecule has 0 radical (unpaired) electrons. The number of hydrogen-bond acceptors (Lipinski definition) is 23. The summed E-state index contributed by atoms with van der Waals surface area (Å²) in [6, 6.07) is -0.0362. The van der Waals surface area contributed by atoms with Crippen molar-refractivity contribution in [2.45, 2.75) is 104 Å². The van der Waals surface area contributed by atoms with Gasteiger partial charge < -0.3 is 64.1 Å². The van der Waals surface area contributed by atoms with Crippen LogP contribution in [0.2, 0.25) is 0 Å². The monoisotopic (exact) mass is 1290 g/mol. The van der Waals surface area contributed by atoms with Gasteiger partial charge in [-0.1, -0.05) is 0 Å². The van der Waals surface area contributed by atoms with E-state index in [1.54, 1.807) is 0 Å². The molecule has 4 N–H and O–H groups in total. The maximum absolute atomic E-state index is 13.2. The van der Waals surface area contributed by atoms with E-state index in [0.29, 0.717) is 5.06 Å². The molecule has 4 rings (SSSR count). The van der Waals surface area contributed by atoms with Gasteiger partial charge >= 0.3 is 23.9 Å². The average molecular weight is 1300 g/mol. The summed E-state index contributed by atoms with van der Waals surface area (Å²) in [6.07, 6.45) is -1.54. The number of esters is 2. The van der Waals surface area contributed by atoms with Gasteiger partial charge in [-0.2, -0.15) is 17.6 Å². The van der Waals surface area contributed by atoms with Gasteiger partial charge in [-0.05, 0) is 27.7 Å². The third-order valence-corrected chi connectivity index (χ3v) is 11.1. The highest BCUT2D eigenvalue weighted by atomic mass is 32.2. The van der Waals surface area contributed by atoms with E-state index in [4.69, 9.17) is 0 Å². The molecule has 8 amide bonds. The smallest absolute Gasteiger partial charge is 0.352 e. The highest BCUT2D eigenvalue weighted by molar-refractivity contribution is 7.87. The van der Waals surface area contributed by atoms with Gasteiger partial charge in [0, 0.05) is 77.7 Å². The Balaban J connectivity index is 0.00000115. The quantitative estimate of drug-likeness (QED) is 0.0154. The van der Waals surface area contributed by atoms with E-state index in [1.807, 2.05) is 10.6 Å². The summed E-state index contributed by atoms with van der Waals surface area (Å²) in [4.78, 5) is 187. The molecule has 88 heavy (non-hydrogen) atoms. The minimum atomic E-state index is -5.05. The Morgan fingerprint density at radius 1 is 0.455 bits per heavy atom. The van der Waals surface area contributed by atoms with Crippen molar-refractivity contribution in [1.82, 2.24) is 31.4 Å². The van der Waals surface area contributed by atoms with Gasteiger partial charge in [-0.25, -0.2) is 49.5 Å². The summed E-state index contributed by atoms with van der Waals surface area (Å²) in [6.45, 7) is 2.31. The first-order valence-electron chi connectivity index (χ1n) is 24.2. The van der Waals surface area contributed by atoms with Gasteiger partial charge in [0.25, 0.3) is 23.6 Å². The standard InChI is InChI=1S/C13H10F5NO4.C13H11F4NO4.C11H14N2O9S.C11H14N2O6.CH3/c1-5(20)2-3-6(21)19-4-7(22)23-13-11(17)9(15)8(14)10(16)12(13)18;1-6(19)2-3-9(20)18-5-10(21)22-13-11(16)7(14)4-8(15)12(13)17;1-6(14)2-3-8(15)12-5-10(17)22-13-9(16)4-7(11(13)18)23(19,20)21;1-7(14)2-3-8(15)12-6-11(18)19-13-9(16)4-5-10(13)17;/h2-4H2,1H3,(H,19,21);4H,2-3,5H2,1H3,(H,18,20);7H,2-5H2,1H3,(H,12,15)(H,19,20,21);2-6H2,1H3,(H,12,15);1H3/q;;;;+1/p-1. The molecule has 0 bridgehead atoms. The minimum absolute atomic E-state index is 0. The zero-order valence-electron chi connectivity index (χ0n) is 46.4. The van der Waals surface area contributed by atoms with Crippen molar-refractivity contribution >= 4 is 104 Å². The first kappa shape index (κ1) is 78.3. The van der Waals surface area contributed by atoms with E-state index in [2.05, 4.69) is 29.8 Å². The molecule has 0 saturated carbocycles. The van der Waals surface area contributed by atoms with Crippen LogP contribution in [0, 0.1) is 59.8 Å². The summed E-state index contributed by atoms with van der Waals surface area (Å²) in [5.41, 5.74) is 0. The van der Waals surface area contributed by atoms with E-state index in [0.717, 1.165) is 0 Å². The number of Topliss-reactive ketones (excluding diaryl/α,β-unsaturated/α-hetero) is 4. The summed E-state index contributed by atoms with van der Waals surface area (Å²) in [5, 5.41) is 6.48. The second-order valence-electron chi connectivity index (χ2n) is 17.3. The molecule has 2 aromatic carbocycles. The second-order valence-corrected chi connectivity index (χ2v) is 18.8. The van der Waals surface area contributed by atoms with Crippen LogP contribution >= 0.6 is 0 Å². The fraction of sp³-hybridized carbons (Fsp3) is 0.408. The number of rotatable bonds is 25. The second kappa shape index (κ2) is 37.0. The number of benzene rings is 2. The molecule has 1 atom stereocenters. The molecule has 29 nitrogen and oxygen atoms in total. The maximum atomic E-state index is 13.2. The van der Waals surface area contributed by atoms with Gasteiger partial charge in [-0.3, -0.25) is 38.4 Å². The molecule has 2 aliphatic rings. The Morgan fingerprint density at radius 3 is 1.03 bits per heavy atom. The molecule has 484 valence electrons. The Labute approximate surface area is 490 Å². The van der Waals surface area contributed by atoms with Crippen LogP contribution in [-0.4, -0.2) is 149 Å².